The van der Waals surface area contributed by atoms with Crippen LogP contribution in [0.5, 0.6) is 0 Å². The normalized spacial score (nSPS) is 10.4. The third kappa shape index (κ3) is 3.95. The second-order valence-electron chi connectivity index (χ2n) is 4.46. The molecule has 2 aromatic rings. The molecule has 0 spiro atoms. The minimum Gasteiger partial charge on any atom is -0.399 e. The Hall–Kier alpha value is -2.08. The summed E-state index contributed by atoms with van der Waals surface area (Å²) < 4.78 is 26.8. The molecule has 3 N–H and O–H groups in total. The Balaban J connectivity index is 2.01. The summed E-state index contributed by atoms with van der Waals surface area (Å²) in [5.74, 6) is -2.04. The largest absolute Gasteiger partial charge is 0.399 e. The molecule has 21 heavy (non-hydrogen) atoms. The Morgan fingerprint density at radius 3 is 2.57 bits per heavy atom. The molecule has 0 aliphatic heterocycles. The first kappa shape index (κ1) is 15.3. The Morgan fingerprint density at radius 2 is 1.90 bits per heavy atom. The Morgan fingerprint density at radius 1 is 1.24 bits per heavy atom. The predicted molar refractivity (Wildman–Crippen MR) is 81.3 cm³/mol. The maximum Gasteiger partial charge on any atom is 0.234 e. The van der Waals surface area contributed by atoms with Crippen LogP contribution < -0.4 is 11.1 Å². The zero-order valence-corrected chi connectivity index (χ0v) is 12.1. The summed E-state index contributed by atoms with van der Waals surface area (Å²) in [6.07, 6.45) is 0. The van der Waals surface area contributed by atoms with Crippen LogP contribution in [0.1, 0.15) is 5.56 Å². The minimum atomic E-state index is -0.798. The van der Waals surface area contributed by atoms with Gasteiger partial charge in [0, 0.05) is 10.6 Å². The number of hydrogen-bond donors (Lipinski definition) is 2. The molecule has 1 amide bonds. The van der Waals surface area contributed by atoms with Crippen LogP contribution in [0.3, 0.4) is 0 Å². The number of rotatable bonds is 4. The Kier molecular flexibility index (Phi) is 4.80. The number of thioether (sulfide) groups is 1. The molecule has 0 bridgehead atoms. The van der Waals surface area contributed by atoms with E-state index in [9.17, 15) is 13.6 Å². The fourth-order valence-corrected chi connectivity index (χ4v) is 2.58. The highest BCUT2D eigenvalue weighted by Crippen LogP contribution is 2.25. The average molecular weight is 308 g/mol. The second-order valence-corrected chi connectivity index (χ2v) is 5.48. The molecule has 0 heterocycles. The summed E-state index contributed by atoms with van der Waals surface area (Å²) in [5.41, 5.74) is 6.85. The number of anilines is 2. The highest BCUT2D eigenvalue weighted by atomic mass is 32.2. The average Bonchev–Trinajstić information content (AvgIpc) is 2.44. The molecular weight excluding hydrogens is 294 g/mol. The van der Waals surface area contributed by atoms with Crippen LogP contribution in [0.25, 0.3) is 0 Å². The molecule has 110 valence electrons. The second kappa shape index (κ2) is 6.58. The number of nitrogens with two attached hydrogens (primary N) is 1. The van der Waals surface area contributed by atoms with Gasteiger partial charge < -0.3 is 11.1 Å². The maximum atomic E-state index is 13.4. The summed E-state index contributed by atoms with van der Waals surface area (Å²) in [6.45, 7) is 1.90. The van der Waals surface area contributed by atoms with Gasteiger partial charge in [0.15, 0.2) is 0 Å². The van der Waals surface area contributed by atoms with E-state index in [-0.39, 0.29) is 5.75 Å². The number of nitrogens with one attached hydrogen (secondary N) is 1. The van der Waals surface area contributed by atoms with E-state index in [2.05, 4.69) is 5.32 Å². The fourth-order valence-electron chi connectivity index (χ4n) is 1.71. The maximum absolute atomic E-state index is 13.4. The van der Waals surface area contributed by atoms with E-state index in [1.807, 2.05) is 13.0 Å². The fraction of sp³-hybridized carbons (Fsp3) is 0.133. The number of nitrogen functional groups attached to an aromatic ring is 1. The van der Waals surface area contributed by atoms with Crippen molar-refractivity contribution in [1.82, 2.24) is 0 Å². The molecule has 0 saturated carbocycles. The number of carbonyl (C=O) groups is 1. The minimum absolute atomic E-state index is 0.0397. The molecule has 0 aliphatic rings. The van der Waals surface area contributed by atoms with E-state index in [0.717, 1.165) is 22.6 Å². The Labute approximate surface area is 125 Å². The van der Waals surface area contributed by atoms with Crippen molar-refractivity contribution in [3.8, 4) is 0 Å². The summed E-state index contributed by atoms with van der Waals surface area (Å²) >= 11 is 1.26. The molecule has 0 saturated heterocycles. The van der Waals surface area contributed by atoms with E-state index in [4.69, 9.17) is 5.73 Å². The standard InChI is InChI=1S/C15H14F2N2OS/c1-9-5-6-10(18)7-13(9)21-8-14(20)19-15-11(16)3-2-4-12(15)17/h2-7H,8,18H2,1H3,(H,19,20). The predicted octanol–water partition coefficient (Wildman–Crippen LogP) is 3.59. The molecule has 2 aromatic carbocycles. The first-order valence-electron chi connectivity index (χ1n) is 6.20. The number of benzene rings is 2. The van der Waals surface area contributed by atoms with Gasteiger partial charge in [-0.2, -0.15) is 0 Å². The zero-order valence-electron chi connectivity index (χ0n) is 11.3. The molecule has 0 atom stereocenters. The monoisotopic (exact) mass is 308 g/mol. The first-order valence-corrected chi connectivity index (χ1v) is 7.18. The summed E-state index contributed by atoms with van der Waals surface area (Å²) in [4.78, 5) is 12.7. The van der Waals surface area contributed by atoms with Gasteiger partial charge in [-0.25, -0.2) is 8.78 Å². The van der Waals surface area contributed by atoms with Crippen LogP contribution in [0.15, 0.2) is 41.3 Å². The molecule has 2 rings (SSSR count). The van der Waals surface area contributed by atoms with Gasteiger partial charge in [0.25, 0.3) is 0 Å². The summed E-state index contributed by atoms with van der Waals surface area (Å²) in [6, 6.07) is 8.81. The van der Waals surface area contributed by atoms with Crippen molar-refractivity contribution in [2.45, 2.75) is 11.8 Å². The van der Waals surface area contributed by atoms with Gasteiger partial charge in [0.1, 0.15) is 17.3 Å². The zero-order chi connectivity index (χ0) is 15.4. The van der Waals surface area contributed by atoms with Crippen molar-refractivity contribution in [1.29, 1.82) is 0 Å². The molecule has 0 aromatic heterocycles. The first-order chi connectivity index (χ1) is 9.97. The van der Waals surface area contributed by atoms with E-state index >= 15 is 0 Å². The van der Waals surface area contributed by atoms with E-state index in [0.29, 0.717) is 5.69 Å². The van der Waals surface area contributed by atoms with Crippen LogP contribution in [0, 0.1) is 18.6 Å². The van der Waals surface area contributed by atoms with E-state index in [1.165, 1.54) is 17.8 Å². The SMILES string of the molecule is Cc1ccc(N)cc1SCC(=O)Nc1c(F)cccc1F. The topological polar surface area (TPSA) is 55.1 Å². The number of amides is 1. The highest BCUT2D eigenvalue weighted by Gasteiger charge is 2.12. The molecule has 0 radical (unpaired) electrons. The van der Waals surface area contributed by atoms with Crippen LogP contribution >= 0.6 is 11.8 Å². The van der Waals surface area contributed by atoms with Gasteiger partial charge >= 0.3 is 0 Å². The molecule has 0 aliphatic carbocycles. The lowest BCUT2D eigenvalue weighted by molar-refractivity contribution is -0.113. The van der Waals surface area contributed by atoms with Crippen molar-refractivity contribution < 1.29 is 13.6 Å². The van der Waals surface area contributed by atoms with Gasteiger partial charge in [0.2, 0.25) is 5.91 Å². The van der Waals surface area contributed by atoms with Gasteiger partial charge in [-0.05, 0) is 36.8 Å². The van der Waals surface area contributed by atoms with Crippen molar-refractivity contribution in [2.24, 2.45) is 0 Å². The third-order valence-electron chi connectivity index (χ3n) is 2.80. The van der Waals surface area contributed by atoms with Crippen molar-refractivity contribution >= 4 is 29.0 Å². The molecule has 3 nitrogen and oxygen atoms in total. The van der Waals surface area contributed by atoms with E-state index in [1.54, 1.807) is 12.1 Å². The summed E-state index contributed by atoms with van der Waals surface area (Å²) in [5, 5.41) is 2.24. The lowest BCUT2D eigenvalue weighted by atomic mass is 10.2. The molecule has 6 heteroatoms. The van der Waals surface area contributed by atoms with Crippen LogP contribution in [0.4, 0.5) is 20.2 Å². The number of carbonyl (C=O) groups excluding carboxylic acids is 1. The summed E-state index contributed by atoms with van der Waals surface area (Å²) in [7, 11) is 0. The van der Waals surface area contributed by atoms with Gasteiger partial charge in [-0.15, -0.1) is 11.8 Å². The third-order valence-corrected chi connectivity index (χ3v) is 3.96. The van der Waals surface area contributed by atoms with Crippen molar-refractivity contribution in [3.05, 3.63) is 53.6 Å². The number of hydrogen-bond acceptors (Lipinski definition) is 3. The van der Waals surface area contributed by atoms with Gasteiger partial charge in [-0.3, -0.25) is 4.79 Å². The Bertz CT molecular complexity index is 656. The number of halogens is 2. The van der Waals surface area contributed by atoms with Crippen molar-refractivity contribution in [2.75, 3.05) is 16.8 Å². The van der Waals surface area contributed by atoms with Gasteiger partial charge in [-0.1, -0.05) is 12.1 Å². The number of aryl methyl sites for hydroxylation is 1. The molecule has 0 unspecified atom stereocenters. The van der Waals surface area contributed by atoms with Crippen LogP contribution in [-0.2, 0) is 4.79 Å². The lowest BCUT2D eigenvalue weighted by Crippen LogP contribution is -2.16. The van der Waals surface area contributed by atoms with Gasteiger partial charge in [0.05, 0.1) is 5.75 Å². The van der Waals surface area contributed by atoms with Crippen LogP contribution in [0.2, 0.25) is 0 Å². The smallest absolute Gasteiger partial charge is 0.234 e. The number of para-hydroxylation sites is 1. The quantitative estimate of drug-likeness (QED) is 0.670. The lowest BCUT2D eigenvalue weighted by Gasteiger charge is -2.09. The van der Waals surface area contributed by atoms with E-state index < -0.39 is 23.2 Å². The van der Waals surface area contributed by atoms with Crippen molar-refractivity contribution in [3.63, 3.8) is 0 Å². The van der Waals surface area contributed by atoms with Crippen LogP contribution in [-0.4, -0.2) is 11.7 Å². The molecule has 0 fully saturated rings. The molecular formula is C15H14F2N2OS. The highest BCUT2D eigenvalue weighted by molar-refractivity contribution is 8.00.